The summed E-state index contributed by atoms with van der Waals surface area (Å²) in [7, 11) is 0. The molecule has 0 spiro atoms. The fourth-order valence-corrected chi connectivity index (χ4v) is 2.21. The molecule has 1 amide bonds. The number of likely N-dealkylation sites (N-methyl/N-ethyl adjacent to an activating group) is 1. The minimum absolute atomic E-state index is 0.0518. The van der Waals surface area contributed by atoms with Crippen LogP contribution in [0.4, 0.5) is 8.78 Å². The maximum absolute atomic E-state index is 13.9. The van der Waals surface area contributed by atoms with Crippen LogP contribution in [0.15, 0.2) is 18.2 Å². The molecule has 21 heavy (non-hydrogen) atoms. The lowest BCUT2D eigenvalue weighted by Gasteiger charge is -2.30. The number of nitrogens with zero attached hydrogens (tertiary/aromatic N) is 1. The molecule has 0 heterocycles. The van der Waals surface area contributed by atoms with Gasteiger partial charge in [-0.2, -0.15) is 0 Å². The number of rotatable bonds is 8. The number of hydrogen-bond donors (Lipinski definition) is 2. The van der Waals surface area contributed by atoms with Crippen LogP contribution < -0.4 is 11.1 Å². The van der Waals surface area contributed by atoms with E-state index in [9.17, 15) is 13.6 Å². The van der Waals surface area contributed by atoms with Gasteiger partial charge in [0.05, 0.1) is 0 Å². The maximum atomic E-state index is 13.9. The van der Waals surface area contributed by atoms with Crippen LogP contribution in [0, 0.1) is 11.6 Å². The Balaban J connectivity index is 2.90. The molecular formula is C15H23F2N3O. The minimum Gasteiger partial charge on any atom is -0.368 e. The second-order valence-electron chi connectivity index (χ2n) is 5.07. The van der Waals surface area contributed by atoms with Gasteiger partial charge in [-0.15, -0.1) is 0 Å². The molecule has 0 fully saturated rings. The number of primary amides is 1. The van der Waals surface area contributed by atoms with Crippen molar-refractivity contribution in [3.63, 3.8) is 0 Å². The molecule has 3 N–H and O–H groups in total. The SMILES string of the molecule is CCN(CC)CCNC(C)(C(N)=O)c1ccc(F)cc1F. The zero-order chi connectivity index (χ0) is 16.0. The van der Waals surface area contributed by atoms with Crippen molar-refractivity contribution in [2.75, 3.05) is 26.2 Å². The third-order valence-electron chi connectivity index (χ3n) is 3.76. The lowest BCUT2D eigenvalue weighted by Crippen LogP contribution is -2.52. The van der Waals surface area contributed by atoms with Gasteiger partial charge in [-0.3, -0.25) is 10.1 Å². The molecule has 1 rings (SSSR count). The van der Waals surface area contributed by atoms with Gasteiger partial charge in [0.1, 0.15) is 17.2 Å². The summed E-state index contributed by atoms with van der Waals surface area (Å²) in [5.41, 5.74) is 4.10. The van der Waals surface area contributed by atoms with Crippen LogP contribution in [0.5, 0.6) is 0 Å². The van der Waals surface area contributed by atoms with Crippen molar-refractivity contribution in [3.8, 4) is 0 Å². The van der Waals surface area contributed by atoms with Crippen LogP contribution in [-0.2, 0) is 10.3 Å². The molecule has 0 aliphatic carbocycles. The summed E-state index contributed by atoms with van der Waals surface area (Å²) >= 11 is 0. The highest BCUT2D eigenvalue weighted by Crippen LogP contribution is 2.24. The molecule has 1 aromatic carbocycles. The van der Waals surface area contributed by atoms with Crippen LogP contribution in [0.25, 0.3) is 0 Å². The van der Waals surface area contributed by atoms with E-state index in [1.807, 2.05) is 13.8 Å². The fraction of sp³-hybridized carbons (Fsp3) is 0.533. The molecule has 6 heteroatoms. The van der Waals surface area contributed by atoms with E-state index in [-0.39, 0.29) is 5.56 Å². The maximum Gasteiger partial charge on any atom is 0.242 e. The molecule has 0 radical (unpaired) electrons. The molecule has 0 bridgehead atoms. The molecule has 0 aliphatic rings. The van der Waals surface area contributed by atoms with Gasteiger partial charge in [0.2, 0.25) is 5.91 Å². The summed E-state index contributed by atoms with van der Waals surface area (Å²) in [6, 6.07) is 3.12. The highest BCUT2D eigenvalue weighted by Gasteiger charge is 2.35. The van der Waals surface area contributed by atoms with Crippen molar-refractivity contribution in [2.24, 2.45) is 5.73 Å². The van der Waals surface area contributed by atoms with Gasteiger partial charge in [-0.25, -0.2) is 8.78 Å². The number of carbonyl (C=O) groups excluding carboxylic acids is 1. The third-order valence-corrected chi connectivity index (χ3v) is 3.76. The molecule has 118 valence electrons. The topological polar surface area (TPSA) is 58.4 Å². The van der Waals surface area contributed by atoms with E-state index < -0.39 is 23.1 Å². The van der Waals surface area contributed by atoms with E-state index in [2.05, 4.69) is 10.2 Å². The number of halogens is 2. The molecule has 0 aromatic heterocycles. The van der Waals surface area contributed by atoms with Crippen LogP contribution in [0.3, 0.4) is 0 Å². The summed E-state index contributed by atoms with van der Waals surface area (Å²) in [6.07, 6.45) is 0. The van der Waals surface area contributed by atoms with Gasteiger partial charge < -0.3 is 10.6 Å². The second kappa shape index (κ2) is 7.47. The Morgan fingerprint density at radius 3 is 2.43 bits per heavy atom. The lowest BCUT2D eigenvalue weighted by molar-refractivity contribution is -0.124. The van der Waals surface area contributed by atoms with Crippen LogP contribution in [-0.4, -0.2) is 37.0 Å². The average molecular weight is 299 g/mol. The summed E-state index contributed by atoms with van der Waals surface area (Å²) in [5, 5.41) is 2.99. The minimum atomic E-state index is -1.37. The van der Waals surface area contributed by atoms with Crippen molar-refractivity contribution in [1.82, 2.24) is 10.2 Å². The van der Waals surface area contributed by atoms with Crippen molar-refractivity contribution in [1.29, 1.82) is 0 Å². The molecule has 1 atom stereocenters. The van der Waals surface area contributed by atoms with Gasteiger partial charge in [0.25, 0.3) is 0 Å². The number of amides is 1. The summed E-state index contributed by atoms with van der Waals surface area (Å²) in [4.78, 5) is 13.9. The first-order chi connectivity index (χ1) is 9.85. The smallest absolute Gasteiger partial charge is 0.242 e. The van der Waals surface area contributed by atoms with E-state index in [1.54, 1.807) is 0 Å². The van der Waals surface area contributed by atoms with E-state index in [1.165, 1.54) is 13.0 Å². The summed E-state index contributed by atoms with van der Waals surface area (Å²) in [5.74, 6) is -2.18. The first-order valence-corrected chi connectivity index (χ1v) is 7.08. The first kappa shape index (κ1) is 17.5. The number of nitrogens with two attached hydrogens (primary N) is 1. The number of hydrogen-bond acceptors (Lipinski definition) is 3. The quantitative estimate of drug-likeness (QED) is 0.766. The van der Waals surface area contributed by atoms with Crippen molar-refractivity contribution >= 4 is 5.91 Å². The Morgan fingerprint density at radius 2 is 1.95 bits per heavy atom. The van der Waals surface area contributed by atoms with Crippen molar-refractivity contribution in [3.05, 3.63) is 35.4 Å². The predicted molar refractivity (Wildman–Crippen MR) is 78.7 cm³/mol. The molecule has 1 unspecified atom stereocenters. The largest absolute Gasteiger partial charge is 0.368 e. The zero-order valence-electron chi connectivity index (χ0n) is 12.7. The fourth-order valence-electron chi connectivity index (χ4n) is 2.21. The lowest BCUT2D eigenvalue weighted by atomic mass is 9.90. The van der Waals surface area contributed by atoms with Gasteiger partial charge in [-0.05, 0) is 26.1 Å². The van der Waals surface area contributed by atoms with Crippen LogP contribution in [0.1, 0.15) is 26.3 Å². The Kier molecular flexibility index (Phi) is 6.23. The Labute approximate surface area is 124 Å². The van der Waals surface area contributed by atoms with Gasteiger partial charge in [0, 0.05) is 24.7 Å². The number of benzene rings is 1. The molecule has 0 saturated carbocycles. The average Bonchev–Trinajstić information content (AvgIpc) is 2.43. The van der Waals surface area contributed by atoms with Gasteiger partial charge in [0.15, 0.2) is 0 Å². The number of nitrogens with one attached hydrogen (secondary N) is 1. The highest BCUT2D eigenvalue weighted by atomic mass is 19.1. The van der Waals surface area contributed by atoms with Crippen LogP contribution in [0.2, 0.25) is 0 Å². The third kappa shape index (κ3) is 4.22. The molecule has 0 saturated heterocycles. The Bertz CT molecular complexity index is 492. The highest BCUT2D eigenvalue weighted by molar-refractivity contribution is 5.85. The predicted octanol–water partition coefficient (Wildman–Crippen LogP) is 1.60. The second-order valence-corrected chi connectivity index (χ2v) is 5.07. The van der Waals surface area contributed by atoms with E-state index in [0.29, 0.717) is 13.1 Å². The van der Waals surface area contributed by atoms with E-state index in [4.69, 9.17) is 5.73 Å². The molecular weight excluding hydrogens is 276 g/mol. The van der Waals surface area contributed by atoms with Crippen LogP contribution >= 0.6 is 0 Å². The standard InChI is InChI=1S/C15H23F2N3O/c1-4-20(5-2)9-8-19-15(3,14(18)21)12-7-6-11(16)10-13(12)17/h6-7,10,19H,4-5,8-9H2,1-3H3,(H2,18,21). The Hall–Kier alpha value is -1.53. The molecule has 0 aliphatic heterocycles. The number of carbonyl (C=O) groups is 1. The first-order valence-electron chi connectivity index (χ1n) is 7.08. The van der Waals surface area contributed by atoms with E-state index in [0.717, 1.165) is 25.2 Å². The monoisotopic (exact) mass is 299 g/mol. The van der Waals surface area contributed by atoms with E-state index >= 15 is 0 Å². The van der Waals surface area contributed by atoms with Crippen molar-refractivity contribution < 1.29 is 13.6 Å². The van der Waals surface area contributed by atoms with Gasteiger partial charge >= 0.3 is 0 Å². The zero-order valence-corrected chi connectivity index (χ0v) is 12.7. The Morgan fingerprint density at radius 1 is 1.33 bits per heavy atom. The molecule has 4 nitrogen and oxygen atoms in total. The van der Waals surface area contributed by atoms with Gasteiger partial charge in [-0.1, -0.05) is 19.9 Å². The molecule has 1 aromatic rings. The van der Waals surface area contributed by atoms with Crippen molar-refractivity contribution in [2.45, 2.75) is 26.3 Å². The summed E-state index contributed by atoms with van der Waals surface area (Å²) < 4.78 is 26.9. The summed E-state index contributed by atoms with van der Waals surface area (Å²) in [6.45, 7) is 8.53. The normalized spacial score (nSPS) is 14.2.